The Balaban J connectivity index is 2.17. The first kappa shape index (κ1) is 11.9. The molecule has 1 aromatic rings. The van der Waals surface area contributed by atoms with E-state index in [1.807, 2.05) is 17.8 Å². The lowest BCUT2D eigenvalue weighted by Gasteiger charge is -2.24. The first-order valence-electron chi connectivity index (χ1n) is 5.88. The Bertz CT molecular complexity index is 336. The van der Waals surface area contributed by atoms with Crippen LogP contribution in [0.2, 0.25) is 0 Å². The van der Waals surface area contributed by atoms with Crippen LogP contribution in [0.25, 0.3) is 0 Å². The van der Waals surface area contributed by atoms with Crippen LogP contribution in [-0.4, -0.2) is 18.1 Å². The number of halogens is 1. The average Bonchev–Trinajstić information content (AvgIpc) is 2.79. The highest BCUT2D eigenvalue weighted by molar-refractivity contribution is 7.99. The van der Waals surface area contributed by atoms with E-state index < -0.39 is 0 Å². The fraction of sp³-hybridized carbons (Fsp3) is 0.538. The van der Waals surface area contributed by atoms with Crippen molar-refractivity contribution in [1.82, 2.24) is 5.32 Å². The van der Waals surface area contributed by atoms with Crippen molar-refractivity contribution in [3.05, 3.63) is 35.6 Å². The quantitative estimate of drug-likeness (QED) is 0.865. The molecule has 3 heteroatoms. The van der Waals surface area contributed by atoms with Crippen molar-refractivity contribution in [2.24, 2.45) is 5.92 Å². The summed E-state index contributed by atoms with van der Waals surface area (Å²) in [5.41, 5.74) is 1.09. The van der Waals surface area contributed by atoms with E-state index in [0.29, 0.717) is 12.0 Å². The molecular weight excluding hydrogens is 221 g/mol. The zero-order valence-electron chi connectivity index (χ0n) is 9.58. The summed E-state index contributed by atoms with van der Waals surface area (Å²) in [7, 11) is 0. The molecule has 1 aliphatic heterocycles. The lowest BCUT2D eigenvalue weighted by molar-refractivity contribution is 0.400. The van der Waals surface area contributed by atoms with Crippen molar-refractivity contribution in [3.8, 4) is 0 Å². The van der Waals surface area contributed by atoms with Crippen molar-refractivity contribution >= 4 is 11.8 Å². The van der Waals surface area contributed by atoms with E-state index in [1.54, 1.807) is 12.1 Å². The van der Waals surface area contributed by atoms with Crippen molar-refractivity contribution in [1.29, 1.82) is 0 Å². The van der Waals surface area contributed by atoms with Gasteiger partial charge in [0.25, 0.3) is 0 Å². The first-order chi connectivity index (χ1) is 7.81. The molecule has 16 heavy (non-hydrogen) atoms. The van der Waals surface area contributed by atoms with Gasteiger partial charge in [-0.3, -0.25) is 0 Å². The predicted molar refractivity (Wildman–Crippen MR) is 68.2 cm³/mol. The van der Waals surface area contributed by atoms with Gasteiger partial charge in [0.05, 0.1) is 0 Å². The van der Waals surface area contributed by atoms with Gasteiger partial charge in [-0.05, 0) is 48.1 Å². The highest BCUT2D eigenvalue weighted by atomic mass is 32.2. The second-order valence-electron chi connectivity index (χ2n) is 4.21. The van der Waals surface area contributed by atoms with Gasteiger partial charge in [0.1, 0.15) is 5.82 Å². The molecule has 0 spiro atoms. The Morgan fingerprint density at radius 1 is 1.56 bits per heavy atom. The van der Waals surface area contributed by atoms with Gasteiger partial charge in [0.15, 0.2) is 0 Å². The maximum absolute atomic E-state index is 13.2. The minimum atomic E-state index is -0.133. The van der Waals surface area contributed by atoms with Crippen LogP contribution in [0, 0.1) is 11.7 Å². The predicted octanol–water partition coefficient (Wildman–Crippen LogP) is 3.23. The van der Waals surface area contributed by atoms with Crippen molar-refractivity contribution in [2.45, 2.75) is 19.4 Å². The van der Waals surface area contributed by atoms with E-state index in [1.165, 1.54) is 24.0 Å². The molecule has 0 radical (unpaired) electrons. The van der Waals surface area contributed by atoms with Crippen LogP contribution >= 0.6 is 11.8 Å². The highest BCUT2D eigenvalue weighted by Crippen LogP contribution is 2.34. The molecular formula is C13H18FNS. The summed E-state index contributed by atoms with van der Waals surface area (Å²) in [5.74, 6) is 2.94. The van der Waals surface area contributed by atoms with Gasteiger partial charge in [-0.15, -0.1) is 0 Å². The SMILES string of the molecule is CCNC(c1cccc(F)c1)C1CCSC1. The van der Waals surface area contributed by atoms with Gasteiger partial charge in [-0.2, -0.15) is 11.8 Å². The van der Waals surface area contributed by atoms with Crippen molar-refractivity contribution in [3.63, 3.8) is 0 Å². The molecule has 1 fully saturated rings. The van der Waals surface area contributed by atoms with Gasteiger partial charge >= 0.3 is 0 Å². The second kappa shape index (κ2) is 5.69. The lowest BCUT2D eigenvalue weighted by Crippen LogP contribution is -2.28. The van der Waals surface area contributed by atoms with E-state index in [9.17, 15) is 4.39 Å². The Morgan fingerprint density at radius 2 is 2.44 bits per heavy atom. The summed E-state index contributed by atoms with van der Waals surface area (Å²) in [6.07, 6.45) is 1.23. The third-order valence-corrected chi connectivity index (χ3v) is 4.26. The largest absolute Gasteiger partial charge is 0.310 e. The summed E-state index contributed by atoms with van der Waals surface area (Å²) in [6.45, 7) is 3.04. The third-order valence-electron chi connectivity index (χ3n) is 3.07. The van der Waals surface area contributed by atoms with Crippen LogP contribution in [0.1, 0.15) is 24.9 Å². The second-order valence-corrected chi connectivity index (χ2v) is 5.36. The van der Waals surface area contributed by atoms with Crippen LogP contribution in [-0.2, 0) is 0 Å². The monoisotopic (exact) mass is 239 g/mol. The summed E-state index contributed by atoms with van der Waals surface area (Å²) in [4.78, 5) is 0. The summed E-state index contributed by atoms with van der Waals surface area (Å²) in [6, 6.07) is 7.32. The van der Waals surface area contributed by atoms with Crippen LogP contribution < -0.4 is 5.32 Å². The Kier molecular flexibility index (Phi) is 4.24. The zero-order valence-corrected chi connectivity index (χ0v) is 10.4. The van der Waals surface area contributed by atoms with Crippen LogP contribution in [0.5, 0.6) is 0 Å². The van der Waals surface area contributed by atoms with Crippen LogP contribution in [0.15, 0.2) is 24.3 Å². The van der Waals surface area contributed by atoms with Gasteiger partial charge in [-0.1, -0.05) is 19.1 Å². The minimum absolute atomic E-state index is 0.133. The standard InChI is InChI=1S/C13H18FNS/c1-2-15-13(11-6-7-16-9-11)10-4-3-5-12(14)8-10/h3-5,8,11,13,15H,2,6-7,9H2,1H3. The molecule has 2 atom stereocenters. The fourth-order valence-electron chi connectivity index (χ4n) is 2.29. The molecule has 2 rings (SSSR count). The topological polar surface area (TPSA) is 12.0 Å². The molecule has 1 saturated heterocycles. The van der Waals surface area contributed by atoms with Crippen LogP contribution in [0.3, 0.4) is 0 Å². The summed E-state index contributed by atoms with van der Waals surface area (Å²) < 4.78 is 13.2. The molecule has 0 saturated carbocycles. The lowest BCUT2D eigenvalue weighted by atomic mass is 9.92. The molecule has 1 aromatic carbocycles. The summed E-state index contributed by atoms with van der Waals surface area (Å²) in [5, 5.41) is 3.49. The number of benzene rings is 1. The van der Waals surface area contributed by atoms with Crippen molar-refractivity contribution in [2.75, 3.05) is 18.1 Å². The summed E-state index contributed by atoms with van der Waals surface area (Å²) >= 11 is 2.00. The van der Waals surface area contributed by atoms with Crippen LogP contribution in [0.4, 0.5) is 4.39 Å². The average molecular weight is 239 g/mol. The molecule has 1 N–H and O–H groups in total. The third kappa shape index (κ3) is 2.77. The Morgan fingerprint density at radius 3 is 3.06 bits per heavy atom. The van der Waals surface area contributed by atoms with Gasteiger partial charge in [-0.25, -0.2) is 4.39 Å². The molecule has 0 aromatic heterocycles. The normalized spacial score (nSPS) is 22.2. The van der Waals surface area contributed by atoms with Gasteiger partial charge in [0, 0.05) is 6.04 Å². The maximum Gasteiger partial charge on any atom is 0.123 e. The fourth-order valence-corrected chi connectivity index (χ4v) is 3.59. The van der Waals surface area contributed by atoms with E-state index in [4.69, 9.17) is 0 Å². The minimum Gasteiger partial charge on any atom is -0.310 e. The number of thioether (sulfide) groups is 1. The number of hydrogen-bond donors (Lipinski definition) is 1. The van der Waals surface area contributed by atoms with E-state index in [-0.39, 0.29) is 5.82 Å². The molecule has 0 aliphatic carbocycles. The van der Waals surface area contributed by atoms with E-state index >= 15 is 0 Å². The molecule has 2 unspecified atom stereocenters. The smallest absolute Gasteiger partial charge is 0.123 e. The number of nitrogens with one attached hydrogen (secondary N) is 1. The maximum atomic E-state index is 13.2. The Hall–Kier alpha value is -0.540. The Labute approximate surface area is 101 Å². The highest BCUT2D eigenvalue weighted by Gasteiger charge is 2.26. The van der Waals surface area contributed by atoms with E-state index in [2.05, 4.69) is 12.2 Å². The van der Waals surface area contributed by atoms with Gasteiger partial charge < -0.3 is 5.32 Å². The molecule has 1 nitrogen and oxygen atoms in total. The molecule has 88 valence electrons. The zero-order chi connectivity index (χ0) is 11.4. The molecule has 1 heterocycles. The molecule has 0 bridgehead atoms. The van der Waals surface area contributed by atoms with Gasteiger partial charge in [0.2, 0.25) is 0 Å². The number of hydrogen-bond acceptors (Lipinski definition) is 2. The molecule has 1 aliphatic rings. The van der Waals surface area contributed by atoms with E-state index in [0.717, 1.165) is 12.1 Å². The number of rotatable bonds is 4. The van der Waals surface area contributed by atoms with Crippen molar-refractivity contribution < 1.29 is 4.39 Å². The molecule has 0 amide bonds. The first-order valence-corrected chi connectivity index (χ1v) is 7.03.